The molecule has 0 bridgehead atoms. The molecule has 1 fully saturated rings. The van der Waals surface area contributed by atoms with Gasteiger partial charge in [-0.05, 0) is 65.3 Å². The first kappa shape index (κ1) is 23.2. The van der Waals surface area contributed by atoms with E-state index in [9.17, 15) is 4.79 Å². The number of ether oxygens (including phenoxy) is 2. The molecule has 2 aliphatic heterocycles. The monoisotopic (exact) mass is 457 g/mol. The predicted molar refractivity (Wildman–Crippen MR) is 130 cm³/mol. The summed E-state index contributed by atoms with van der Waals surface area (Å²) in [5.41, 5.74) is 2.39. The number of thiazole rings is 1. The molecule has 1 aromatic heterocycles. The molecule has 1 amide bonds. The lowest BCUT2D eigenvalue weighted by atomic mass is 9.94. The van der Waals surface area contributed by atoms with Crippen molar-refractivity contribution in [3.8, 4) is 0 Å². The van der Waals surface area contributed by atoms with Crippen LogP contribution in [0, 0.1) is 5.92 Å². The Hall–Kier alpha value is -1.96. The minimum Gasteiger partial charge on any atom is -0.443 e. The lowest BCUT2D eigenvalue weighted by Crippen LogP contribution is -2.41. The van der Waals surface area contributed by atoms with Gasteiger partial charge in [0.2, 0.25) is 0 Å². The molecule has 0 saturated carbocycles. The van der Waals surface area contributed by atoms with Crippen molar-refractivity contribution in [3.05, 3.63) is 34.8 Å². The van der Waals surface area contributed by atoms with Gasteiger partial charge in [-0.3, -0.25) is 4.90 Å². The summed E-state index contributed by atoms with van der Waals surface area (Å²) < 4.78 is 12.7. The maximum Gasteiger partial charge on any atom is 0.414 e. The Morgan fingerprint density at radius 2 is 2.03 bits per heavy atom. The molecule has 0 radical (unpaired) electrons. The number of allylic oxidation sites excluding steroid dienone is 1. The molecule has 2 aromatic rings. The number of methoxy groups -OCH3 is 1. The number of aromatic nitrogens is 1. The number of piperidine rings is 1. The van der Waals surface area contributed by atoms with Crippen molar-refractivity contribution < 1.29 is 14.3 Å². The number of nitrogens with zero attached hydrogens (tertiary/aromatic N) is 3. The Morgan fingerprint density at radius 3 is 2.75 bits per heavy atom. The third-order valence-corrected chi connectivity index (χ3v) is 7.36. The predicted octanol–water partition coefficient (Wildman–Crippen LogP) is 5.35. The number of likely N-dealkylation sites (N-methyl/N-ethyl adjacent to an activating group) is 1. The van der Waals surface area contributed by atoms with Gasteiger partial charge in [-0.25, -0.2) is 9.78 Å². The van der Waals surface area contributed by atoms with Gasteiger partial charge < -0.3 is 14.4 Å². The van der Waals surface area contributed by atoms with Crippen LogP contribution in [-0.4, -0.2) is 66.4 Å². The molecule has 6 nitrogen and oxygen atoms in total. The van der Waals surface area contributed by atoms with Crippen LogP contribution in [0.25, 0.3) is 15.9 Å². The zero-order valence-electron chi connectivity index (χ0n) is 20.1. The van der Waals surface area contributed by atoms with Crippen molar-refractivity contribution in [2.75, 3.05) is 33.8 Å². The molecule has 0 spiro atoms. The number of benzene rings is 1. The molecule has 4 rings (SSSR count). The lowest BCUT2D eigenvalue weighted by molar-refractivity contribution is 0.0233. The summed E-state index contributed by atoms with van der Waals surface area (Å²) in [6, 6.07) is 6.35. The third-order valence-electron chi connectivity index (χ3n) is 6.19. The van der Waals surface area contributed by atoms with E-state index < -0.39 is 5.60 Å². The van der Waals surface area contributed by atoms with Gasteiger partial charge >= 0.3 is 6.09 Å². The van der Waals surface area contributed by atoms with Gasteiger partial charge in [0.05, 0.1) is 27.0 Å². The summed E-state index contributed by atoms with van der Waals surface area (Å²) in [5.74, 6) is 0.723. The highest BCUT2D eigenvalue weighted by Gasteiger charge is 2.32. The fourth-order valence-electron chi connectivity index (χ4n) is 4.53. The van der Waals surface area contributed by atoms with Crippen molar-refractivity contribution in [1.29, 1.82) is 0 Å². The molecule has 7 heteroatoms. The molecule has 2 aliphatic rings. The maximum absolute atomic E-state index is 12.9. The summed E-state index contributed by atoms with van der Waals surface area (Å²) in [7, 11) is 3.94. The van der Waals surface area contributed by atoms with Gasteiger partial charge in [-0.2, -0.15) is 0 Å². The Labute approximate surface area is 195 Å². The third kappa shape index (κ3) is 5.00. The van der Waals surface area contributed by atoms with Crippen LogP contribution in [0.15, 0.2) is 24.3 Å². The standard InChI is InChI=1S/C25H35N3O3S/c1-16-7-9-20(28(14-16)24(29)31-25(2,3)4)17-8-10-22-19(13-17)26-23(32-22)18-11-12-27(5)15-21(18)30-6/h8-10,13,16,18,21H,7,11-12,14-15H2,1-6H3/t16-,18?,21?/m0/s1. The van der Waals surface area contributed by atoms with Crippen LogP contribution < -0.4 is 0 Å². The normalized spacial score (nSPS) is 25.1. The average molecular weight is 458 g/mol. The van der Waals surface area contributed by atoms with Gasteiger partial charge in [0, 0.05) is 31.7 Å². The highest BCUT2D eigenvalue weighted by molar-refractivity contribution is 7.18. The molecule has 1 aromatic carbocycles. The Bertz CT molecular complexity index is 1010. The van der Waals surface area contributed by atoms with Crippen LogP contribution in [0.3, 0.4) is 0 Å². The second kappa shape index (κ2) is 9.12. The summed E-state index contributed by atoms with van der Waals surface area (Å²) >= 11 is 1.76. The molecule has 174 valence electrons. The molecule has 3 heterocycles. The van der Waals surface area contributed by atoms with Gasteiger partial charge in [0.1, 0.15) is 5.60 Å². The van der Waals surface area contributed by atoms with E-state index in [0.29, 0.717) is 18.4 Å². The first-order chi connectivity index (χ1) is 15.1. The summed E-state index contributed by atoms with van der Waals surface area (Å²) in [5, 5.41) is 1.15. The number of carbonyl (C=O) groups excluding carboxylic acids is 1. The minimum absolute atomic E-state index is 0.166. The number of amides is 1. The van der Waals surface area contributed by atoms with E-state index >= 15 is 0 Å². The largest absolute Gasteiger partial charge is 0.443 e. The van der Waals surface area contributed by atoms with Crippen molar-refractivity contribution in [1.82, 2.24) is 14.8 Å². The van der Waals surface area contributed by atoms with Gasteiger partial charge in [0.15, 0.2) is 0 Å². The van der Waals surface area contributed by atoms with E-state index in [1.807, 2.05) is 20.8 Å². The fraction of sp³-hybridized carbons (Fsp3) is 0.600. The SMILES string of the molecule is COC1CN(C)CCC1c1nc2cc(C3=CC[C@H](C)CN3C(=O)OC(C)(C)C)ccc2s1. The zero-order chi connectivity index (χ0) is 23.0. The maximum atomic E-state index is 12.9. The molecule has 0 aliphatic carbocycles. The van der Waals surface area contributed by atoms with E-state index in [2.05, 4.69) is 43.1 Å². The lowest BCUT2D eigenvalue weighted by Gasteiger charge is -2.34. The minimum atomic E-state index is -0.525. The van der Waals surface area contributed by atoms with Crippen LogP contribution in [0.5, 0.6) is 0 Å². The summed E-state index contributed by atoms with van der Waals surface area (Å²) in [6.07, 6.45) is 4.03. The van der Waals surface area contributed by atoms with E-state index in [0.717, 1.165) is 47.7 Å². The highest BCUT2D eigenvalue weighted by atomic mass is 32.1. The number of rotatable bonds is 3. The Kier molecular flexibility index (Phi) is 6.61. The van der Waals surface area contributed by atoms with Crippen LogP contribution in [0.1, 0.15) is 57.0 Å². The molecular weight excluding hydrogens is 422 g/mol. The fourth-order valence-corrected chi connectivity index (χ4v) is 5.66. The van der Waals surface area contributed by atoms with Crippen molar-refractivity contribution >= 4 is 33.3 Å². The first-order valence-corrected chi connectivity index (χ1v) is 12.3. The quantitative estimate of drug-likeness (QED) is 0.622. The molecule has 32 heavy (non-hydrogen) atoms. The number of carbonyl (C=O) groups is 1. The first-order valence-electron chi connectivity index (χ1n) is 11.5. The van der Waals surface area contributed by atoms with E-state index in [4.69, 9.17) is 14.5 Å². The van der Waals surface area contributed by atoms with Gasteiger partial charge in [-0.15, -0.1) is 11.3 Å². The molecule has 3 atom stereocenters. The van der Waals surface area contributed by atoms with E-state index in [1.165, 1.54) is 4.70 Å². The summed E-state index contributed by atoms with van der Waals surface area (Å²) in [6.45, 7) is 10.5. The second-order valence-corrected chi connectivity index (χ2v) is 11.2. The van der Waals surface area contributed by atoms with Crippen LogP contribution >= 0.6 is 11.3 Å². The zero-order valence-corrected chi connectivity index (χ0v) is 20.9. The van der Waals surface area contributed by atoms with Crippen LogP contribution in [-0.2, 0) is 9.47 Å². The molecule has 0 N–H and O–H groups in total. The smallest absolute Gasteiger partial charge is 0.414 e. The van der Waals surface area contributed by atoms with Crippen molar-refractivity contribution in [2.45, 2.75) is 58.2 Å². The van der Waals surface area contributed by atoms with Crippen LogP contribution in [0.2, 0.25) is 0 Å². The molecule has 2 unspecified atom stereocenters. The second-order valence-electron chi connectivity index (χ2n) is 10.2. The summed E-state index contributed by atoms with van der Waals surface area (Å²) in [4.78, 5) is 22.1. The average Bonchev–Trinajstić information content (AvgIpc) is 3.15. The van der Waals surface area contributed by atoms with E-state index in [-0.39, 0.29) is 12.2 Å². The highest BCUT2D eigenvalue weighted by Crippen LogP contribution is 2.37. The van der Waals surface area contributed by atoms with Crippen molar-refractivity contribution in [2.24, 2.45) is 5.92 Å². The van der Waals surface area contributed by atoms with Gasteiger partial charge in [0.25, 0.3) is 0 Å². The van der Waals surface area contributed by atoms with Crippen molar-refractivity contribution in [3.63, 3.8) is 0 Å². The molecule has 1 saturated heterocycles. The van der Waals surface area contributed by atoms with Gasteiger partial charge in [-0.1, -0.05) is 19.1 Å². The Morgan fingerprint density at radius 1 is 1.25 bits per heavy atom. The topological polar surface area (TPSA) is 54.9 Å². The number of likely N-dealkylation sites (tertiary alicyclic amines) is 1. The number of hydrogen-bond acceptors (Lipinski definition) is 6. The van der Waals surface area contributed by atoms with E-state index in [1.54, 1.807) is 23.3 Å². The number of fused-ring (bicyclic) bond motifs is 1. The number of hydrogen-bond donors (Lipinski definition) is 0. The van der Waals surface area contributed by atoms with Crippen LogP contribution in [0.4, 0.5) is 4.79 Å². The Balaban J connectivity index is 1.63. The molecular formula is C25H35N3O3S.